The number of hydrogen-bond acceptors (Lipinski definition) is 0. The molecular weight excluding hydrogens is 240 g/mol. The molecule has 0 radical (unpaired) electrons. The Balaban J connectivity index is 1.98. The van der Waals surface area contributed by atoms with Gasteiger partial charge in [-0.2, -0.15) is 0 Å². The van der Waals surface area contributed by atoms with E-state index in [4.69, 9.17) is 0 Å². The van der Waals surface area contributed by atoms with Crippen molar-refractivity contribution < 1.29 is 0 Å². The van der Waals surface area contributed by atoms with E-state index in [1.54, 1.807) is 0 Å². The van der Waals surface area contributed by atoms with Crippen LogP contribution in [0.1, 0.15) is 35.1 Å². The van der Waals surface area contributed by atoms with Gasteiger partial charge in [-0.1, -0.05) is 72.8 Å². The van der Waals surface area contributed by atoms with Gasteiger partial charge in [-0.25, -0.2) is 0 Å². The Morgan fingerprint density at radius 1 is 0.750 bits per heavy atom. The Morgan fingerprint density at radius 2 is 1.15 bits per heavy atom. The van der Waals surface area contributed by atoms with E-state index < -0.39 is 0 Å². The highest BCUT2D eigenvalue weighted by Gasteiger charge is 2.03. The van der Waals surface area contributed by atoms with Gasteiger partial charge in [-0.3, -0.25) is 0 Å². The highest BCUT2D eigenvalue weighted by Crippen LogP contribution is 2.25. The standard InChI is InChI=1S/C20H22/c1-15-7-5-9-19(13-15)17(3)11-12-18(4)20-10-6-8-16(2)14-20/h5-10,13-14H,3-4,11-12H2,1-2H3. The summed E-state index contributed by atoms with van der Waals surface area (Å²) in [7, 11) is 0. The molecule has 2 rings (SSSR count). The molecule has 0 aromatic heterocycles. The van der Waals surface area contributed by atoms with E-state index in [0.717, 1.165) is 12.8 Å². The Hall–Kier alpha value is -2.08. The van der Waals surface area contributed by atoms with Gasteiger partial charge in [0.1, 0.15) is 0 Å². The van der Waals surface area contributed by atoms with Crippen LogP contribution in [-0.2, 0) is 0 Å². The van der Waals surface area contributed by atoms with Gasteiger partial charge in [-0.05, 0) is 49.0 Å². The van der Waals surface area contributed by atoms with E-state index in [2.05, 4.69) is 75.5 Å². The predicted molar refractivity (Wildman–Crippen MR) is 89.7 cm³/mol. The van der Waals surface area contributed by atoms with Crippen molar-refractivity contribution in [2.24, 2.45) is 0 Å². The fourth-order valence-electron chi connectivity index (χ4n) is 2.32. The zero-order valence-electron chi connectivity index (χ0n) is 12.4. The molecule has 0 fully saturated rings. The molecule has 0 unspecified atom stereocenters. The second-order valence-electron chi connectivity index (χ2n) is 5.45. The van der Waals surface area contributed by atoms with E-state index in [0.29, 0.717) is 0 Å². The average molecular weight is 262 g/mol. The van der Waals surface area contributed by atoms with E-state index in [1.165, 1.54) is 33.4 Å². The SMILES string of the molecule is C=C(CCC(=C)c1cccc(C)c1)c1cccc(C)c1. The van der Waals surface area contributed by atoms with E-state index >= 15 is 0 Å². The predicted octanol–water partition coefficient (Wildman–Crippen LogP) is 5.81. The summed E-state index contributed by atoms with van der Waals surface area (Å²) in [4.78, 5) is 0. The first-order chi connectivity index (χ1) is 9.56. The van der Waals surface area contributed by atoms with Crippen LogP contribution in [0.4, 0.5) is 0 Å². The van der Waals surface area contributed by atoms with Crippen LogP contribution < -0.4 is 0 Å². The summed E-state index contributed by atoms with van der Waals surface area (Å²) in [5.41, 5.74) is 7.40. The quantitative estimate of drug-likeness (QED) is 0.637. The molecule has 0 saturated heterocycles. The maximum Gasteiger partial charge on any atom is -0.0228 e. The molecule has 0 aliphatic carbocycles. The third kappa shape index (κ3) is 3.71. The van der Waals surface area contributed by atoms with Gasteiger partial charge in [-0.15, -0.1) is 0 Å². The normalized spacial score (nSPS) is 10.3. The smallest absolute Gasteiger partial charge is 0.0228 e. The van der Waals surface area contributed by atoms with Gasteiger partial charge >= 0.3 is 0 Å². The van der Waals surface area contributed by atoms with Crippen LogP contribution >= 0.6 is 0 Å². The highest BCUT2D eigenvalue weighted by molar-refractivity contribution is 5.69. The molecule has 0 N–H and O–H groups in total. The van der Waals surface area contributed by atoms with Crippen LogP contribution in [0.3, 0.4) is 0 Å². The van der Waals surface area contributed by atoms with Crippen molar-refractivity contribution in [2.75, 3.05) is 0 Å². The lowest BCUT2D eigenvalue weighted by Crippen LogP contribution is -1.88. The second kappa shape index (κ2) is 6.38. The summed E-state index contributed by atoms with van der Waals surface area (Å²) in [5, 5.41) is 0. The lowest BCUT2D eigenvalue weighted by molar-refractivity contribution is 1.09. The molecule has 0 heteroatoms. The zero-order valence-corrected chi connectivity index (χ0v) is 12.4. The first-order valence-corrected chi connectivity index (χ1v) is 7.06. The summed E-state index contributed by atoms with van der Waals surface area (Å²) >= 11 is 0. The third-order valence-electron chi connectivity index (χ3n) is 3.58. The monoisotopic (exact) mass is 262 g/mol. The maximum absolute atomic E-state index is 4.21. The highest BCUT2D eigenvalue weighted by atomic mass is 14.1. The number of hydrogen-bond donors (Lipinski definition) is 0. The first kappa shape index (κ1) is 14.3. The topological polar surface area (TPSA) is 0 Å². The number of rotatable bonds is 5. The number of benzene rings is 2. The summed E-state index contributed by atoms with van der Waals surface area (Å²) in [6.07, 6.45) is 1.91. The minimum absolute atomic E-state index is 0.955. The molecule has 0 heterocycles. The van der Waals surface area contributed by atoms with Crippen molar-refractivity contribution in [3.63, 3.8) is 0 Å². The summed E-state index contributed by atoms with van der Waals surface area (Å²) < 4.78 is 0. The van der Waals surface area contributed by atoms with E-state index in [1.807, 2.05) is 0 Å². The van der Waals surface area contributed by atoms with E-state index in [9.17, 15) is 0 Å². The summed E-state index contributed by atoms with van der Waals surface area (Å²) in [5.74, 6) is 0. The number of allylic oxidation sites excluding steroid dienone is 2. The lowest BCUT2D eigenvalue weighted by Gasteiger charge is -2.10. The molecule has 0 saturated carbocycles. The lowest BCUT2D eigenvalue weighted by atomic mass is 9.95. The van der Waals surface area contributed by atoms with Crippen molar-refractivity contribution >= 4 is 11.1 Å². The van der Waals surface area contributed by atoms with Crippen LogP contribution in [-0.4, -0.2) is 0 Å². The molecular formula is C20H22. The van der Waals surface area contributed by atoms with E-state index in [-0.39, 0.29) is 0 Å². The van der Waals surface area contributed by atoms with Gasteiger partial charge in [0.25, 0.3) is 0 Å². The summed E-state index contributed by atoms with van der Waals surface area (Å²) in [6, 6.07) is 17.0. The van der Waals surface area contributed by atoms with Crippen molar-refractivity contribution in [1.29, 1.82) is 0 Å². The molecule has 0 aliphatic rings. The molecule has 0 atom stereocenters. The van der Waals surface area contributed by atoms with Crippen molar-refractivity contribution in [2.45, 2.75) is 26.7 Å². The van der Waals surface area contributed by atoms with Crippen molar-refractivity contribution in [3.8, 4) is 0 Å². The third-order valence-corrected chi connectivity index (χ3v) is 3.58. The minimum Gasteiger partial charge on any atom is -0.0952 e. The van der Waals surface area contributed by atoms with Crippen LogP contribution in [0, 0.1) is 13.8 Å². The maximum atomic E-state index is 4.21. The zero-order chi connectivity index (χ0) is 14.5. The van der Waals surface area contributed by atoms with Gasteiger partial charge in [0.05, 0.1) is 0 Å². The molecule has 0 bridgehead atoms. The van der Waals surface area contributed by atoms with Crippen LogP contribution in [0.2, 0.25) is 0 Å². The van der Waals surface area contributed by atoms with Crippen LogP contribution in [0.25, 0.3) is 11.1 Å². The first-order valence-electron chi connectivity index (χ1n) is 7.06. The van der Waals surface area contributed by atoms with Crippen molar-refractivity contribution in [1.82, 2.24) is 0 Å². The summed E-state index contributed by atoms with van der Waals surface area (Å²) in [6.45, 7) is 12.6. The Morgan fingerprint density at radius 3 is 1.50 bits per heavy atom. The average Bonchev–Trinajstić information content (AvgIpc) is 2.44. The number of aryl methyl sites for hydroxylation is 2. The van der Waals surface area contributed by atoms with Crippen LogP contribution in [0.5, 0.6) is 0 Å². The fourth-order valence-corrected chi connectivity index (χ4v) is 2.32. The van der Waals surface area contributed by atoms with Gasteiger partial charge in [0.2, 0.25) is 0 Å². The van der Waals surface area contributed by atoms with Crippen molar-refractivity contribution in [3.05, 3.63) is 83.9 Å². The Bertz CT molecular complexity index is 574. The van der Waals surface area contributed by atoms with Gasteiger partial charge in [0, 0.05) is 0 Å². The molecule has 0 amide bonds. The molecule has 0 spiro atoms. The second-order valence-corrected chi connectivity index (χ2v) is 5.45. The molecule has 0 nitrogen and oxygen atoms in total. The van der Waals surface area contributed by atoms with Gasteiger partial charge < -0.3 is 0 Å². The molecule has 2 aromatic rings. The van der Waals surface area contributed by atoms with Gasteiger partial charge in [0.15, 0.2) is 0 Å². The molecule has 20 heavy (non-hydrogen) atoms. The molecule has 0 aliphatic heterocycles. The molecule has 102 valence electrons. The minimum atomic E-state index is 0.955. The molecule has 2 aromatic carbocycles. The Kier molecular flexibility index (Phi) is 4.57. The van der Waals surface area contributed by atoms with Crippen LogP contribution in [0.15, 0.2) is 61.7 Å². The fraction of sp³-hybridized carbons (Fsp3) is 0.200. The largest absolute Gasteiger partial charge is 0.0952 e. The Labute approximate surface area is 122 Å².